The molecule has 0 spiro atoms. The molecule has 0 radical (unpaired) electrons. The molecule has 3 N–H and O–H groups in total. The van der Waals surface area contributed by atoms with Gasteiger partial charge in [-0.05, 0) is 31.9 Å². The van der Waals surface area contributed by atoms with E-state index in [9.17, 15) is 0 Å². The van der Waals surface area contributed by atoms with Gasteiger partial charge in [0.05, 0.1) is 23.1 Å². The number of hydrogen-bond acceptors (Lipinski definition) is 4. The lowest BCUT2D eigenvalue weighted by Crippen LogP contribution is -2.39. The predicted octanol–water partition coefficient (Wildman–Crippen LogP) is 3.10. The number of aromatic nitrogens is 1. The first-order chi connectivity index (χ1) is 10.3. The van der Waals surface area contributed by atoms with Crippen LogP contribution in [0, 0.1) is 0 Å². The van der Waals surface area contributed by atoms with Crippen molar-refractivity contribution in [1.29, 1.82) is 0 Å². The van der Waals surface area contributed by atoms with Crippen molar-refractivity contribution in [2.45, 2.75) is 32.2 Å². The molecule has 0 atom stereocenters. The monoisotopic (exact) mass is 284 g/mol. The smallest absolute Gasteiger partial charge is 0.0743 e. The molecule has 0 aliphatic carbocycles. The molecule has 2 heterocycles. The van der Waals surface area contributed by atoms with Crippen LogP contribution < -0.4 is 11.1 Å². The summed E-state index contributed by atoms with van der Waals surface area (Å²) in [6, 6.07) is 8.68. The maximum Gasteiger partial charge on any atom is 0.0743 e. The summed E-state index contributed by atoms with van der Waals surface area (Å²) >= 11 is 0. The van der Waals surface area contributed by atoms with Crippen LogP contribution in [-0.2, 0) is 0 Å². The number of benzene rings is 1. The van der Waals surface area contributed by atoms with Crippen LogP contribution in [0.15, 0.2) is 30.5 Å². The Kier molecular flexibility index (Phi) is 4.25. The average molecular weight is 284 g/mol. The number of likely N-dealkylation sites (tertiary alicyclic amines) is 1. The normalized spacial score (nSPS) is 17.2. The standard InChI is InChI=1S/C17H24N4/c1-2-9-21-10-7-13(8-11-21)20-17-14-5-3-4-6-16(14)19-12-15(17)18/h3-6,12-13H,2,7-11,18H2,1H3,(H,19,20). The highest BCUT2D eigenvalue weighted by Gasteiger charge is 2.19. The van der Waals surface area contributed by atoms with Gasteiger partial charge in [-0.25, -0.2) is 0 Å². The highest BCUT2D eigenvalue weighted by Crippen LogP contribution is 2.29. The maximum atomic E-state index is 6.14. The Morgan fingerprint density at radius 3 is 2.81 bits per heavy atom. The Hall–Kier alpha value is -1.81. The molecule has 112 valence electrons. The lowest BCUT2D eigenvalue weighted by atomic mass is 10.0. The summed E-state index contributed by atoms with van der Waals surface area (Å²) in [6.07, 6.45) is 5.35. The highest BCUT2D eigenvalue weighted by molar-refractivity contribution is 5.96. The molecule has 0 unspecified atom stereocenters. The quantitative estimate of drug-likeness (QED) is 0.906. The van der Waals surface area contributed by atoms with E-state index in [1.807, 2.05) is 18.2 Å². The third kappa shape index (κ3) is 3.10. The van der Waals surface area contributed by atoms with Crippen molar-refractivity contribution < 1.29 is 0 Å². The summed E-state index contributed by atoms with van der Waals surface area (Å²) < 4.78 is 0. The minimum atomic E-state index is 0.506. The number of nitrogens with one attached hydrogen (secondary N) is 1. The molecule has 1 aliphatic heterocycles. The fraction of sp³-hybridized carbons (Fsp3) is 0.471. The summed E-state index contributed by atoms with van der Waals surface area (Å²) in [4.78, 5) is 6.95. The number of nitrogens with two attached hydrogens (primary N) is 1. The molecule has 2 aromatic rings. The van der Waals surface area contributed by atoms with Crippen LogP contribution in [-0.4, -0.2) is 35.6 Å². The van der Waals surface area contributed by atoms with Gasteiger partial charge in [-0.15, -0.1) is 0 Å². The van der Waals surface area contributed by atoms with E-state index >= 15 is 0 Å². The van der Waals surface area contributed by atoms with Crippen LogP contribution in [0.3, 0.4) is 0 Å². The maximum absolute atomic E-state index is 6.14. The van der Waals surface area contributed by atoms with Gasteiger partial charge in [-0.3, -0.25) is 4.98 Å². The van der Waals surface area contributed by atoms with Crippen molar-refractivity contribution in [2.24, 2.45) is 0 Å². The van der Waals surface area contributed by atoms with Crippen molar-refractivity contribution >= 4 is 22.3 Å². The largest absolute Gasteiger partial charge is 0.396 e. The number of hydrogen-bond donors (Lipinski definition) is 2. The van der Waals surface area contributed by atoms with Crippen LogP contribution in [0.5, 0.6) is 0 Å². The third-order valence-corrected chi connectivity index (χ3v) is 4.28. The van der Waals surface area contributed by atoms with Crippen LogP contribution in [0.1, 0.15) is 26.2 Å². The van der Waals surface area contributed by atoms with Crippen LogP contribution in [0.4, 0.5) is 11.4 Å². The van der Waals surface area contributed by atoms with Crippen LogP contribution in [0.25, 0.3) is 10.9 Å². The Morgan fingerprint density at radius 1 is 1.29 bits per heavy atom. The number of pyridine rings is 1. The molecular weight excluding hydrogens is 260 g/mol. The van der Waals surface area contributed by atoms with E-state index in [-0.39, 0.29) is 0 Å². The third-order valence-electron chi connectivity index (χ3n) is 4.28. The van der Waals surface area contributed by atoms with Gasteiger partial charge in [0, 0.05) is 24.5 Å². The second kappa shape index (κ2) is 6.31. The second-order valence-electron chi connectivity index (χ2n) is 5.87. The zero-order chi connectivity index (χ0) is 14.7. The molecule has 4 heteroatoms. The first kappa shape index (κ1) is 14.1. The second-order valence-corrected chi connectivity index (χ2v) is 5.87. The number of anilines is 2. The van der Waals surface area contributed by atoms with Gasteiger partial charge in [-0.2, -0.15) is 0 Å². The molecule has 0 amide bonds. The molecule has 1 aromatic carbocycles. The van der Waals surface area contributed by atoms with E-state index in [4.69, 9.17) is 5.73 Å². The number of nitrogen functional groups attached to an aromatic ring is 1. The van der Waals surface area contributed by atoms with Crippen LogP contribution >= 0.6 is 0 Å². The van der Waals surface area contributed by atoms with Crippen molar-refractivity contribution in [3.05, 3.63) is 30.5 Å². The Morgan fingerprint density at radius 2 is 2.05 bits per heavy atom. The molecule has 0 saturated carbocycles. The average Bonchev–Trinajstić information content (AvgIpc) is 2.52. The fourth-order valence-electron chi connectivity index (χ4n) is 3.14. The zero-order valence-electron chi connectivity index (χ0n) is 12.7. The molecule has 1 fully saturated rings. The molecule has 4 nitrogen and oxygen atoms in total. The van der Waals surface area contributed by atoms with Gasteiger partial charge in [0.25, 0.3) is 0 Å². The van der Waals surface area contributed by atoms with Gasteiger partial charge in [0.1, 0.15) is 0 Å². The molecule has 1 aromatic heterocycles. The highest BCUT2D eigenvalue weighted by atomic mass is 15.1. The zero-order valence-corrected chi connectivity index (χ0v) is 12.7. The SMILES string of the molecule is CCCN1CCC(Nc2c(N)cnc3ccccc23)CC1. The number of fused-ring (bicyclic) bond motifs is 1. The van der Waals surface area contributed by atoms with Crippen molar-refractivity contribution in [3.63, 3.8) is 0 Å². The van der Waals surface area contributed by atoms with Gasteiger partial charge < -0.3 is 16.0 Å². The minimum absolute atomic E-state index is 0.506. The number of piperidine rings is 1. The number of nitrogens with zero attached hydrogens (tertiary/aromatic N) is 2. The molecule has 21 heavy (non-hydrogen) atoms. The summed E-state index contributed by atoms with van der Waals surface area (Å²) in [5.74, 6) is 0. The first-order valence-corrected chi connectivity index (χ1v) is 7.90. The topological polar surface area (TPSA) is 54.2 Å². The number of para-hydroxylation sites is 1. The van der Waals surface area contributed by atoms with E-state index < -0.39 is 0 Å². The van der Waals surface area contributed by atoms with E-state index in [1.165, 1.54) is 38.9 Å². The van der Waals surface area contributed by atoms with Gasteiger partial charge in [-0.1, -0.05) is 25.1 Å². The molecule has 1 aliphatic rings. The fourth-order valence-corrected chi connectivity index (χ4v) is 3.14. The van der Waals surface area contributed by atoms with Gasteiger partial charge in [0.15, 0.2) is 0 Å². The van der Waals surface area contributed by atoms with Crippen molar-refractivity contribution in [3.8, 4) is 0 Å². The van der Waals surface area contributed by atoms with E-state index in [1.54, 1.807) is 6.20 Å². The first-order valence-electron chi connectivity index (χ1n) is 7.90. The Bertz CT molecular complexity index is 603. The van der Waals surface area contributed by atoms with E-state index in [0.717, 1.165) is 22.3 Å². The Labute approximate surface area is 126 Å². The lowest BCUT2D eigenvalue weighted by molar-refractivity contribution is 0.219. The molecule has 3 rings (SSSR count). The van der Waals surface area contributed by atoms with E-state index in [2.05, 4.69) is 28.2 Å². The van der Waals surface area contributed by atoms with E-state index in [0.29, 0.717) is 6.04 Å². The summed E-state index contributed by atoms with van der Waals surface area (Å²) in [5.41, 5.74) is 8.93. The van der Waals surface area contributed by atoms with Crippen molar-refractivity contribution in [2.75, 3.05) is 30.7 Å². The lowest BCUT2D eigenvalue weighted by Gasteiger charge is -2.33. The Balaban J connectivity index is 1.75. The predicted molar refractivity (Wildman–Crippen MR) is 89.5 cm³/mol. The molecular formula is C17H24N4. The van der Waals surface area contributed by atoms with Gasteiger partial charge in [0.2, 0.25) is 0 Å². The summed E-state index contributed by atoms with van der Waals surface area (Å²) in [6.45, 7) is 5.81. The summed E-state index contributed by atoms with van der Waals surface area (Å²) in [5, 5.41) is 4.78. The van der Waals surface area contributed by atoms with Crippen molar-refractivity contribution in [1.82, 2.24) is 9.88 Å². The van der Waals surface area contributed by atoms with Gasteiger partial charge >= 0.3 is 0 Å². The van der Waals surface area contributed by atoms with Crippen LogP contribution in [0.2, 0.25) is 0 Å². The molecule has 1 saturated heterocycles. The number of rotatable bonds is 4. The summed E-state index contributed by atoms with van der Waals surface area (Å²) in [7, 11) is 0. The molecule has 0 bridgehead atoms. The minimum Gasteiger partial charge on any atom is -0.396 e.